The van der Waals surface area contributed by atoms with E-state index < -0.39 is 33.0 Å². The van der Waals surface area contributed by atoms with Gasteiger partial charge in [0, 0.05) is 24.6 Å². The van der Waals surface area contributed by atoms with E-state index in [-0.39, 0.29) is 11.8 Å². The van der Waals surface area contributed by atoms with Gasteiger partial charge in [0.25, 0.3) is 0 Å². The van der Waals surface area contributed by atoms with Crippen molar-refractivity contribution in [3.63, 3.8) is 0 Å². The maximum Gasteiger partial charge on any atom is 0.306 e. The summed E-state index contributed by atoms with van der Waals surface area (Å²) in [6.45, 7) is 6.79. The smallest absolute Gasteiger partial charge is 0.306 e. The summed E-state index contributed by atoms with van der Waals surface area (Å²) in [6, 6.07) is 3.54. The average molecular weight is 492 g/mol. The summed E-state index contributed by atoms with van der Waals surface area (Å²) in [5.41, 5.74) is 1.39. The van der Waals surface area contributed by atoms with Crippen LogP contribution in [0.5, 0.6) is 11.5 Å². The highest BCUT2D eigenvalue weighted by molar-refractivity contribution is 7.86. The summed E-state index contributed by atoms with van der Waals surface area (Å²) in [6.07, 6.45) is 5.97. The summed E-state index contributed by atoms with van der Waals surface area (Å²) in [4.78, 5) is 2.41. The molecule has 3 heterocycles. The highest BCUT2D eigenvalue weighted by atomic mass is 32.2. The molecular weight excluding hydrogens is 458 g/mol. The first-order valence-electron chi connectivity index (χ1n) is 12.2. The van der Waals surface area contributed by atoms with Gasteiger partial charge in [-0.1, -0.05) is 17.7 Å². The summed E-state index contributed by atoms with van der Waals surface area (Å²) in [5, 5.41) is 12.7. The van der Waals surface area contributed by atoms with Crippen LogP contribution in [0.2, 0.25) is 0 Å². The molecular formula is C25H33NO7S. The Hall–Kier alpha value is -1.65. The van der Waals surface area contributed by atoms with Crippen LogP contribution in [0.3, 0.4) is 0 Å². The lowest BCUT2D eigenvalue weighted by molar-refractivity contribution is -0.284. The summed E-state index contributed by atoms with van der Waals surface area (Å²) < 4.78 is 48.5. The number of aliphatic hydroxyl groups is 1. The van der Waals surface area contributed by atoms with Crippen molar-refractivity contribution in [2.45, 2.75) is 74.9 Å². The summed E-state index contributed by atoms with van der Waals surface area (Å²) >= 11 is 0. The molecule has 3 aliphatic heterocycles. The van der Waals surface area contributed by atoms with E-state index in [1.165, 1.54) is 5.57 Å². The fourth-order valence-electron chi connectivity index (χ4n) is 7.33. The van der Waals surface area contributed by atoms with Gasteiger partial charge < -0.3 is 23.5 Å². The third kappa shape index (κ3) is 3.00. The van der Waals surface area contributed by atoms with Crippen LogP contribution in [0.15, 0.2) is 23.8 Å². The molecule has 1 N–H and O–H groups in total. The first kappa shape index (κ1) is 22.8. The maximum atomic E-state index is 12.7. The fraction of sp³-hybridized carbons (Fsp3) is 0.680. The van der Waals surface area contributed by atoms with Gasteiger partial charge in [-0.2, -0.15) is 8.42 Å². The molecule has 2 aliphatic carbocycles. The maximum absolute atomic E-state index is 12.7. The highest BCUT2D eigenvalue weighted by Gasteiger charge is 2.76. The van der Waals surface area contributed by atoms with Crippen molar-refractivity contribution < 1.29 is 31.9 Å². The van der Waals surface area contributed by atoms with Crippen molar-refractivity contribution in [3.8, 4) is 11.5 Å². The van der Waals surface area contributed by atoms with Crippen molar-refractivity contribution in [1.82, 2.24) is 4.90 Å². The molecule has 2 unspecified atom stereocenters. The average Bonchev–Trinajstić information content (AvgIpc) is 3.35. The lowest BCUT2D eigenvalue weighted by Gasteiger charge is -2.60. The van der Waals surface area contributed by atoms with Gasteiger partial charge in [-0.05, 0) is 57.7 Å². The number of hydrogen-bond donors (Lipinski definition) is 1. The van der Waals surface area contributed by atoms with E-state index in [4.69, 9.17) is 18.4 Å². The monoisotopic (exact) mass is 491 g/mol. The van der Waals surface area contributed by atoms with Crippen LogP contribution >= 0.6 is 0 Å². The topological polar surface area (TPSA) is 94.5 Å². The third-order valence-corrected chi connectivity index (χ3v) is 9.02. The first-order chi connectivity index (χ1) is 16.1. The Morgan fingerprint density at radius 1 is 1.24 bits per heavy atom. The van der Waals surface area contributed by atoms with Gasteiger partial charge in [-0.15, -0.1) is 0 Å². The number of ether oxygens (including phenoxy) is 3. The molecule has 4 atom stereocenters. The number of rotatable bonds is 4. The molecule has 3 fully saturated rings. The Morgan fingerprint density at radius 2 is 2.00 bits per heavy atom. The molecule has 5 aliphatic rings. The second-order valence-electron chi connectivity index (χ2n) is 10.7. The number of nitrogens with zero attached hydrogens (tertiary/aromatic N) is 1. The number of likely N-dealkylation sites (tertiary alicyclic amines) is 1. The van der Waals surface area contributed by atoms with Gasteiger partial charge in [0.15, 0.2) is 17.6 Å². The van der Waals surface area contributed by atoms with Crippen LogP contribution in [0, 0.1) is 0 Å². The van der Waals surface area contributed by atoms with Gasteiger partial charge in [-0.25, -0.2) is 0 Å². The SMILES string of the molecule is CC(C)=CCN1CCC[C@]23c4c5ccc(OS(C)(=O)=O)c4OC2C2(CCC3(O)[C@H]1C5)OCCO2. The van der Waals surface area contributed by atoms with Crippen molar-refractivity contribution in [2.24, 2.45) is 0 Å². The molecule has 0 amide bonds. The quantitative estimate of drug-likeness (QED) is 0.507. The number of hydrogen-bond acceptors (Lipinski definition) is 8. The molecule has 1 aromatic carbocycles. The molecule has 2 spiro atoms. The predicted octanol–water partition coefficient (Wildman–Crippen LogP) is 2.28. The zero-order chi connectivity index (χ0) is 23.9. The molecule has 6 rings (SSSR count). The summed E-state index contributed by atoms with van der Waals surface area (Å²) in [5.74, 6) is -0.366. The molecule has 0 radical (unpaired) electrons. The number of fused-ring (bicyclic) bond motifs is 1. The van der Waals surface area contributed by atoms with Crippen LogP contribution in [0.1, 0.15) is 50.7 Å². The third-order valence-electron chi connectivity index (χ3n) is 8.54. The molecule has 2 saturated heterocycles. The molecule has 2 bridgehead atoms. The predicted molar refractivity (Wildman–Crippen MR) is 125 cm³/mol. The van der Waals surface area contributed by atoms with Gasteiger partial charge in [0.05, 0.1) is 30.5 Å². The van der Waals surface area contributed by atoms with E-state index in [0.29, 0.717) is 44.6 Å². The standard InChI is InChI=1S/C25H33NO7S/c1-16(2)7-12-26-11-4-8-23-20-17-5-6-18(33-34(3,28)29)21(20)32-22(23)25(30-13-14-31-25)10-9-24(23,27)19(26)15-17/h5-7,19,22,27H,4,8-15H2,1-3H3/t19-,22?,23+,24?/m1/s1. The van der Waals surface area contributed by atoms with Crippen LogP contribution in [0.4, 0.5) is 0 Å². The zero-order valence-electron chi connectivity index (χ0n) is 20.0. The normalized spacial score (nSPS) is 35.4. The Morgan fingerprint density at radius 3 is 2.71 bits per heavy atom. The Balaban J connectivity index is 1.57. The minimum atomic E-state index is -3.76. The molecule has 186 valence electrons. The van der Waals surface area contributed by atoms with Gasteiger partial charge in [0.1, 0.15) is 0 Å². The minimum absolute atomic E-state index is 0.0874. The number of benzene rings is 1. The number of allylic oxidation sites excluding steroid dienone is 1. The second kappa shape index (κ2) is 7.43. The van der Waals surface area contributed by atoms with Gasteiger partial charge in [-0.3, -0.25) is 4.90 Å². The Bertz CT molecular complexity index is 1150. The molecule has 1 saturated carbocycles. The molecule has 8 nitrogen and oxygen atoms in total. The minimum Gasteiger partial charge on any atom is -0.479 e. The highest BCUT2D eigenvalue weighted by Crippen LogP contribution is 2.67. The van der Waals surface area contributed by atoms with Crippen LogP contribution in [-0.2, 0) is 31.4 Å². The Kier molecular flexibility index (Phi) is 4.98. The van der Waals surface area contributed by atoms with Crippen LogP contribution < -0.4 is 8.92 Å². The van der Waals surface area contributed by atoms with E-state index in [0.717, 1.165) is 36.9 Å². The van der Waals surface area contributed by atoms with E-state index in [1.54, 1.807) is 6.07 Å². The van der Waals surface area contributed by atoms with Crippen LogP contribution in [-0.4, -0.2) is 74.5 Å². The van der Waals surface area contributed by atoms with Crippen molar-refractivity contribution >= 4 is 10.1 Å². The van der Waals surface area contributed by atoms with E-state index >= 15 is 0 Å². The molecule has 0 aromatic heterocycles. The van der Waals surface area contributed by atoms with E-state index in [2.05, 4.69) is 24.8 Å². The molecule has 34 heavy (non-hydrogen) atoms. The fourth-order valence-corrected chi connectivity index (χ4v) is 7.79. The first-order valence-corrected chi connectivity index (χ1v) is 14.0. The largest absolute Gasteiger partial charge is 0.479 e. The lowest BCUT2D eigenvalue weighted by atomic mass is 9.50. The van der Waals surface area contributed by atoms with E-state index in [9.17, 15) is 13.5 Å². The van der Waals surface area contributed by atoms with Crippen LogP contribution in [0.25, 0.3) is 0 Å². The Labute approximate surface area is 200 Å². The lowest BCUT2D eigenvalue weighted by Crippen LogP contribution is -2.75. The zero-order valence-corrected chi connectivity index (χ0v) is 20.8. The van der Waals surface area contributed by atoms with Crippen molar-refractivity contribution in [2.75, 3.05) is 32.6 Å². The van der Waals surface area contributed by atoms with Crippen molar-refractivity contribution in [1.29, 1.82) is 0 Å². The second-order valence-corrected chi connectivity index (χ2v) is 12.3. The van der Waals surface area contributed by atoms with Gasteiger partial charge >= 0.3 is 10.1 Å². The van der Waals surface area contributed by atoms with E-state index in [1.807, 2.05) is 6.07 Å². The molecule has 1 aromatic rings. The van der Waals surface area contributed by atoms with Gasteiger partial charge in [0.2, 0.25) is 5.79 Å². The molecule has 9 heteroatoms. The summed E-state index contributed by atoms with van der Waals surface area (Å²) in [7, 11) is -3.76. The van der Waals surface area contributed by atoms with Crippen molar-refractivity contribution in [3.05, 3.63) is 34.9 Å².